The lowest BCUT2D eigenvalue weighted by molar-refractivity contribution is -0.126. The molecule has 0 aliphatic carbocycles. The van der Waals surface area contributed by atoms with Gasteiger partial charge in [0, 0.05) is 13.1 Å². The molecule has 1 aliphatic heterocycles. The fourth-order valence-electron chi connectivity index (χ4n) is 2.55. The number of aromatic nitrogens is 1. The summed E-state index contributed by atoms with van der Waals surface area (Å²) in [6.45, 7) is 6.91. The van der Waals surface area contributed by atoms with Crippen LogP contribution in [0.4, 0.5) is 4.79 Å². The van der Waals surface area contributed by atoms with Crippen LogP contribution in [-0.4, -0.2) is 40.6 Å². The highest BCUT2D eigenvalue weighted by molar-refractivity contribution is 9.10. The van der Waals surface area contributed by atoms with E-state index in [1.807, 2.05) is 39.0 Å². The van der Waals surface area contributed by atoms with Crippen molar-refractivity contribution in [2.75, 3.05) is 13.1 Å². The molecule has 2 rings (SSSR count). The third-order valence-electron chi connectivity index (χ3n) is 3.66. The summed E-state index contributed by atoms with van der Waals surface area (Å²) in [5.74, 6) is -0.261. The Balaban J connectivity index is 1.87. The number of rotatable bonds is 3. The van der Waals surface area contributed by atoms with Crippen molar-refractivity contribution in [3.05, 3.63) is 28.5 Å². The van der Waals surface area contributed by atoms with Gasteiger partial charge in [0.1, 0.15) is 10.2 Å². The molecule has 24 heavy (non-hydrogen) atoms. The number of nitrogens with zero attached hydrogens (tertiary/aromatic N) is 2. The zero-order chi connectivity index (χ0) is 17.7. The molecule has 1 aromatic heterocycles. The maximum absolute atomic E-state index is 12.4. The van der Waals surface area contributed by atoms with E-state index in [1.165, 1.54) is 0 Å². The number of hydrogen-bond acceptors (Lipinski definition) is 4. The van der Waals surface area contributed by atoms with Gasteiger partial charge in [0.25, 0.3) is 0 Å². The smallest absolute Gasteiger partial charge is 0.410 e. The highest BCUT2D eigenvalue weighted by atomic mass is 79.9. The highest BCUT2D eigenvalue weighted by Crippen LogP contribution is 2.19. The van der Waals surface area contributed by atoms with Crippen LogP contribution in [0.1, 0.15) is 39.3 Å². The van der Waals surface area contributed by atoms with Crippen LogP contribution in [0.3, 0.4) is 0 Å². The Kier molecular flexibility index (Phi) is 6.21. The van der Waals surface area contributed by atoms with Crippen molar-refractivity contribution in [1.29, 1.82) is 0 Å². The van der Waals surface area contributed by atoms with Gasteiger partial charge in [-0.2, -0.15) is 0 Å². The second-order valence-electron chi connectivity index (χ2n) is 6.93. The average Bonchev–Trinajstić information content (AvgIpc) is 2.51. The summed E-state index contributed by atoms with van der Waals surface area (Å²) in [6.07, 6.45) is 1.22. The zero-order valence-electron chi connectivity index (χ0n) is 14.3. The molecular formula is C17H24BrN3O3. The van der Waals surface area contributed by atoms with Crippen LogP contribution in [0.5, 0.6) is 0 Å². The molecule has 0 unspecified atom stereocenters. The summed E-state index contributed by atoms with van der Waals surface area (Å²) in [5, 5.41) is 2.90. The second kappa shape index (κ2) is 7.96. The first-order valence-electron chi connectivity index (χ1n) is 8.12. The predicted octanol–water partition coefficient (Wildman–Crippen LogP) is 3.11. The van der Waals surface area contributed by atoms with Crippen molar-refractivity contribution in [3.8, 4) is 0 Å². The van der Waals surface area contributed by atoms with Crippen LogP contribution < -0.4 is 5.32 Å². The van der Waals surface area contributed by atoms with Gasteiger partial charge >= 0.3 is 6.09 Å². The standard InChI is InChI=1S/C17H24BrN3O3/c1-17(2,3)24-16(23)21-9-5-6-12(11-21)15(22)19-10-13-7-4-8-14(18)20-13/h4,7-8,12H,5-6,9-11H2,1-3H3,(H,19,22)/t12-/m1/s1. The molecule has 6 nitrogen and oxygen atoms in total. The van der Waals surface area contributed by atoms with Crippen LogP contribution in [0.15, 0.2) is 22.8 Å². The molecule has 1 aliphatic rings. The van der Waals surface area contributed by atoms with Crippen LogP contribution >= 0.6 is 15.9 Å². The van der Waals surface area contributed by atoms with Crippen LogP contribution in [-0.2, 0) is 16.1 Å². The number of carbonyl (C=O) groups excluding carboxylic acids is 2. The van der Waals surface area contributed by atoms with Crippen molar-refractivity contribution in [2.45, 2.75) is 45.8 Å². The van der Waals surface area contributed by atoms with Crippen molar-refractivity contribution in [1.82, 2.24) is 15.2 Å². The molecule has 1 atom stereocenters. The molecule has 2 heterocycles. The van der Waals surface area contributed by atoms with E-state index in [9.17, 15) is 9.59 Å². The number of nitrogens with one attached hydrogen (secondary N) is 1. The topological polar surface area (TPSA) is 71.5 Å². The monoisotopic (exact) mass is 397 g/mol. The molecule has 1 aromatic rings. The van der Waals surface area contributed by atoms with Crippen molar-refractivity contribution >= 4 is 27.9 Å². The van der Waals surface area contributed by atoms with Gasteiger partial charge in [0.15, 0.2) is 0 Å². The third kappa shape index (κ3) is 5.78. The number of hydrogen-bond donors (Lipinski definition) is 1. The van der Waals surface area contributed by atoms with Crippen molar-refractivity contribution in [2.24, 2.45) is 5.92 Å². The Bertz CT molecular complexity index is 601. The van der Waals surface area contributed by atoms with Crippen molar-refractivity contribution < 1.29 is 14.3 Å². The number of piperidine rings is 1. The molecular weight excluding hydrogens is 374 g/mol. The molecule has 1 N–H and O–H groups in total. The molecule has 1 fully saturated rings. The van der Waals surface area contributed by atoms with Gasteiger partial charge in [-0.3, -0.25) is 4.79 Å². The molecule has 1 saturated heterocycles. The van der Waals surface area contributed by atoms with Gasteiger partial charge in [-0.25, -0.2) is 9.78 Å². The minimum atomic E-state index is -0.529. The Morgan fingerprint density at radius 3 is 2.83 bits per heavy atom. The van der Waals surface area contributed by atoms with Gasteiger partial charge in [-0.05, 0) is 61.7 Å². The van der Waals surface area contributed by atoms with Crippen molar-refractivity contribution in [3.63, 3.8) is 0 Å². The molecule has 0 radical (unpaired) electrons. The largest absolute Gasteiger partial charge is 0.444 e. The van der Waals surface area contributed by atoms with Gasteiger partial charge in [-0.1, -0.05) is 6.07 Å². The number of amides is 2. The van der Waals surface area contributed by atoms with Gasteiger partial charge in [0.05, 0.1) is 18.2 Å². The summed E-state index contributed by atoms with van der Waals surface area (Å²) >= 11 is 3.31. The lowest BCUT2D eigenvalue weighted by atomic mass is 9.97. The van der Waals surface area contributed by atoms with E-state index < -0.39 is 5.60 Å². The number of carbonyl (C=O) groups is 2. The second-order valence-corrected chi connectivity index (χ2v) is 7.75. The van der Waals surface area contributed by atoms with E-state index in [0.29, 0.717) is 19.6 Å². The molecule has 2 amide bonds. The average molecular weight is 398 g/mol. The molecule has 132 valence electrons. The minimum absolute atomic E-state index is 0.0509. The van der Waals surface area contributed by atoms with Gasteiger partial charge in [-0.15, -0.1) is 0 Å². The van der Waals surface area contributed by atoms with Gasteiger partial charge in [0.2, 0.25) is 5.91 Å². The van der Waals surface area contributed by atoms with Gasteiger partial charge < -0.3 is 15.0 Å². The maximum atomic E-state index is 12.4. The van der Waals surface area contributed by atoms with E-state index in [-0.39, 0.29) is 17.9 Å². The Labute approximate surface area is 151 Å². The summed E-state index contributed by atoms with van der Waals surface area (Å²) in [4.78, 5) is 30.4. The van der Waals surface area contributed by atoms with E-state index in [0.717, 1.165) is 23.1 Å². The lowest BCUT2D eigenvalue weighted by Crippen LogP contribution is -2.46. The normalized spacial score (nSPS) is 18.2. The molecule has 0 bridgehead atoms. The SMILES string of the molecule is CC(C)(C)OC(=O)N1CCC[C@@H](C(=O)NCc2cccc(Br)n2)C1. The summed E-state index contributed by atoms with van der Waals surface area (Å²) < 4.78 is 6.13. The highest BCUT2D eigenvalue weighted by Gasteiger charge is 2.30. The minimum Gasteiger partial charge on any atom is -0.444 e. The van der Waals surface area contributed by atoms with E-state index in [2.05, 4.69) is 26.2 Å². The quantitative estimate of drug-likeness (QED) is 0.795. The third-order valence-corrected chi connectivity index (χ3v) is 4.10. The number of pyridine rings is 1. The van der Waals surface area contributed by atoms with E-state index in [4.69, 9.17) is 4.74 Å². The number of likely N-dealkylation sites (tertiary alicyclic amines) is 1. The van der Waals surface area contributed by atoms with E-state index >= 15 is 0 Å². The molecule has 7 heteroatoms. The van der Waals surface area contributed by atoms with Crippen LogP contribution in [0.2, 0.25) is 0 Å². The van der Waals surface area contributed by atoms with Crippen LogP contribution in [0.25, 0.3) is 0 Å². The molecule has 0 spiro atoms. The number of halogens is 1. The Morgan fingerprint density at radius 1 is 1.42 bits per heavy atom. The Hall–Kier alpha value is -1.63. The summed E-state index contributed by atoms with van der Waals surface area (Å²) in [6, 6.07) is 5.58. The lowest BCUT2D eigenvalue weighted by Gasteiger charge is -2.33. The predicted molar refractivity (Wildman–Crippen MR) is 94.3 cm³/mol. The number of ether oxygens (including phenoxy) is 1. The molecule has 0 aromatic carbocycles. The van der Waals surface area contributed by atoms with E-state index in [1.54, 1.807) is 4.90 Å². The Morgan fingerprint density at radius 2 is 2.17 bits per heavy atom. The fraction of sp³-hybridized carbons (Fsp3) is 0.588. The molecule has 0 saturated carbocycles. The first-order valence-corrected chi connectivity index (χ1v) is 8.91. The zero-order valence-corrected chi connectivity index (χ0v) is 15.9. The first kappa shape index (κ1) is 18.7. The summed E-state index contributed by atoms with van der Waals surface area (Å²) in [5.41, 5.74) is 0.260. The fourth-order valence-corrected chi connectivity index (χ4v) is 2.93. The first-order chi connectivity index (χ1) is 11.2. The maximum Gasteiger partial charge on any atom is 0.410 e. The van der Waals surface area contributed by atoms with Crippen LogP contribution in [0, 0.1) is 5.92 Å². The summed E-state index contributed by atoms with van der Waals surface area (Å²) in [7, 11) is 0.